The molecule has 1 aliphatic rings. The second-order valence-corrected chi connectivity index (χ2v) is 7.60. The lowest BCUT2D eigenvalue weighted by Gasteiger charge is -2.34. The summed E-state index contributed by atoms with van der Waals surface area (Å²) < 4.78 is 5.19. The van der Waals surface area contributed by atoms with Crippen LogP contribution in [-0.2, 0) is 11.3 Å². The van der Waals surface area contributed by atoms with E-state index >= 15 is 0 Å². The zero-order valence-electron chi connectivity index (χ0n) is 14.4. The largest absolute Gasteiger partial charge is 0.497 e. The zero-order valence-corrected chi connectivity index (χ0v) is 16.0. The third kappa shape index (κ3) is 4.51. The Morgan fingerprint density at radius 3 is 2.56 bits per heavy atom. The first kappa shape index (κ1) is 18.2. The lowest BCUT2D eigenvalue weighted by Crippen LogP contribution is -2.50. The summed E-state index contributed by atoms with van der Waals surface area (Å²) in [5.74, 6) is 0.871. The monoisotopic (exact) mass is 379 g/mol. The second-order valence-electron chi connectivity index (χ2n) is 6.09. The van der Waals surface area contributed by atoms with E-state index in [0.717, 1.165) is 54.7 Å². The molecule has 5 nitrogen and oxygen atoms in total. The molecule has 1 aromatic heterocycles. The van der Waals surface area contributed by atoms with Gasteiger partial charge in [0, 0.05) is 43.7 Å². The smallest absolute Gasteiger partial charge is 0.240 e. The number of hydrogen-bond donors (Lipinski definition) is 0. The fraction of sp³-hybridized carbons (Fsp3) is 0.444. The van der Waals surface area contributed by atoms with Crippen LogP contribution in [0, 0.1) is 0 Å². The molecule has 1 fully saturated rings. The van der Waals surface area contributed by atoms with E-state index in [-0.39, 0.29) is 5.91 Å². The number of amides is 1. The average molecular weight is 380 g/mol. The predicted molar refractivity (Wildman–Crippen MR) is 101 cm³/mol. The zero-order chi connectivity index (χ0) is 17.8. The van der Waals surface area contributed by atoms with E-state index in [1.54, 1.807) is 25.4 Å². The van der Waals surface area contributed by atoms with Crippen molar-refractivity contribution >= 4 is 28.8 Å². The number of carbonyl (C=O) groups is 1. The van der Waals surface area contributed by atoms with Crippen molar-refractivity contribution in [3.8, 4) is 16.3 Å². The first-order chi connectivity index (χ1) is 12.1. The highest BCUT2D eigenvalue weighted by atomic mass is 35.5. The van der Waals surface area contributed by atoms with Crippen molar-refractivity contribution in [3.05, 3.63) is 35.3 Å². The fourth-order valence-corrected chi connectivity index (χ4v) is 3.81. The van der Waals surface area contributed by atoms with Gasteiger partial charge in [0.05, 0.1) is 12.8 Å². The van der Waals surface area contributed by atoms with E-state index in [4.69, 9.17) is 21.3 Å². The van der Waals surface area contributed by atoms with Gasteiger partial charge >= 0.3 is 0 Å². The number of thiazole rings is 1. The first-order valence-electron chi connectivity index (χ1n) is 8.31. The lowest BCUT2D eigenvalue weighted by molar-refractivity contribution is -0.132. The van der Waals surface area contributed by atoms with E-state index < -0.39 is 5.38 Å². The minimum atomic E-state index is -0.447. The quantitative estimate of drug-likeness (QED) is 0.749. The highest BCUT2D eigenvalue weighted by molar-refractivity contribution is 7.13. The van der Waals surface area contributed by atoms with Crippen molar-refractivity contribution in [3.63, 3.8) is 0 Å². The summed E-state index contributed by atoms with van der Waals surface area (Å²) in [7, 11) is 1.66. The molecule has 0 bridgehead atoms. The lowest BCUT2D eigenvalue weighted by atomic mass is 10.2. The minimum absolute atomic E-state index is 0.0248. The third-order valence-corrected chi connectivity index (χ3v) is 5.43. The number of hydrogen-bond acceptors (Lipinski definition) is 5. The van der Waals surface area contributed by atoms with E-state index in [0.29, 0.717) is 0 Å². The average Bonchev–Trinajstić information content (AvgIpc) is 3.10. The summed E-state index contributed by atoms with van der Waals surface area (Å²) in [6, 6.07) is 7.95. The van der Waals surface area contributed by atoms with E-state index in [1.165, 1.54) is 0 Å². The molecule has 0 spiro atoms. The minimum Gasteiger partial charge on any atom is -0.497 e. The van der Waals surface area contributed by atoms with Crippen molar-refractivity contribution in [2.75, 3.05) is 33.3 Å². The maximum absolute atomic E-state index is 11.9. The number of rotatable bonds is 5. The summed E-state index contributed by atoms with van der Waals surface area (Å²) in [6.45, 7) is 5.70. The van der Waals surface area contributed by atoms with Gasteiger partial charge < -0.3 is 9.64 Å². The van der Waals surface area contributed by atoms with Crippen LogP contribution in [0.15, 0.2) is 29.6 Å². The van der Waals surface area contributed by atoms with E-state index in [9.17, 15) is 4.79 Å². The van der Waals surface area contributed by atoms with Gasteiger partial charge in [-0.3, -0.25) is 9.69 Å². The SMILES string of the molecule is COc1ccc(-c2nc(CN3CCN(C(=O)C(C)Cl)CC3)cs2)cc1. The Balaban J connectivity index is 1.56. The van der Waals surface area contributed by atoms with Gasteiger partial charge in [0.2, 0.25) is 5.91 Å². The standard InChI is InChI=1S/C18H22ClN3O2S/c1-13(19)18(23)22-9-7-21(8-10-22)11-15-12-25-17(20-15)14-3-5-16(24-2)6-4-14/h3-6,12-13H,7-11H2,1-2H3. The van der Waals surface area contributed by atoms with Crippen LogP contribution < -0.4 is 4.74 Å². The molecule has 134 valence electrons. The fourth-order valence-electron chi connectivity index (χ4n) is 2.85. The van der Waals surface area contributed by atoms with Crippen LogP contribution in [0.5, 0.6) is 5.75 Å². The Morgan fingerprint density at radius 2 is 1.96 bits per heavy atom. The molecule has 0 saturated carbocycles. The van der Waals surface area contributed by atoms with Crippen LogP contribution in [0.25, 0.3) is 10.6 Å². The van der Waals surface area contributed by atoms with Gasteiger partial charge in [-0.15, -0.1) is 22.9 Å². The molecule has 25 heavy (non-hydrogen) atoms. The summed E-state index contributed by atoms with van der Waals surface area (Å²) in [5.41, 5.74) is 2.17. The number of carbonyl (C=O) groups excluding carboxylic acids is 1. The Bertz CT molecular complexity index is 709. The number of aromatic nitrogens is 1. The summed E-state index contributed by atoms with van der Waals surface area (Å²) in [5, 5.41) is 2.68. The van der Waals surface area contributed by atoms with Crippen LogP contribution >= 0.6 is 22.9 Å². The summed E-state index contributed by atoms with van der Waals surface area (Å²) in [4.78, 5) is 20.8. The maximum atomic E-state index is 11.9. The molecule has 0 aliphatic carbocycles. The number of ether oxygens (including phenoxy) is 1. The van der Waals surface area contributed by atoms with Crippen LogP contribution in [0.3, 0.4) is 0 Å². The molecule has 3 rings (SSSR count). The molecule has 1 aliphatic heterocycles. The van der Waals surface area contributed by atoms with Crippen LogP contribution in [-0.4, -0.2) is 59.4 Å². The summed E-state index contributed by atoms with van der Waals surface area (Å²) in [6.07, 6.45) is 0. The van der Waals surface area contributed by atoms with Gasteiger partial charge in [-0.1, -0.05) is 0 Å². The Labute approximate surface area is 157 Å². The number of nitrogens with zero attached hydrogens (tertiary/aromatic N) is 3. The number of halogens is 1. The highest BCUT2D eigenvalue weighted by Crippen LogP contribution is 2.26. The molecule has 1 aromatic carbocycles. The van der Waals surface area contributed by atoms with Crippen LogP contribution in [0.4, 0.5) is 0 Å². The number of benzene rings is 1. The third-order valence-electron chi connectivity index (χ3n) is 4.30. The van der Waals surface area contributed by atoms with Gasteiger partial charge in [-0.25, -0.2) is 4.98 Å². The van der Waals surface area contributed by atoms with Crippen molar-refractivity contribution in [1.82, 2.24) is 14.8 Å². The molecule has 1 saturated heterocycles. The Kier molecular flexibility index (Phi) is 5.93. The summed E-state index contributed by atoms with van der Waals surface area (Å²) >= 11 is 7.54. The Hall–Kier alpha value is -1.63. The van der Waals surface area contributed by atoms with E-state index in [2.05, 4.69) is 10.3 Å². The molecule has 0 N–H and O–H groups in total. The Morgan fingerprint density at radius 1 is 1.28 bits per heavy atom. The van der Waals surface area contributed by atoms with Gasteiger partial charge in [-0.05, 0) is 31.2 Å². The predicted octanol–water partition coefficient (Wildman–Crippen LogP) is 3.09. The van der Waals surface area contributed by atoms with Crippen molar-refractivity contribution < 1.29 is 9.53 Å². The van der Waals surface area contributed by atoms with Gasteiger partial charge in [0.25, 0.3) is 0 Å². The molecular formula is C18H22ClN3O2S. The molecule has 7 heteroatoms. The second kappa shape index (κ2) is 8.17. The van der Waals surface area contributed by atoms with Crippen molar-refractivity contribution in [2.45, 2.75) is 18.8 Å². The van der Waals surface area contributed by atoms with Crippen molar-refractivity contribution in [1.29, 1.82) is 0 Å². The van der Waals surface area contributed by atoms with Gasteiger partial charge in [0.15, 0.2) is 0 Å². The number of piperazine rings is 1. The maximum Gasteiger partial charge on any atom is 0.240 e. The van der Waals surface area contributed by atoms with E-state index in [1.807, 2.05) is 29.2 Å². The molecule has 2 aromatic rings. The normalized spacial score (nSPS) is 16.7. The molecule has 1 amide bonds. The molecule has 0 radical (unpaired) electrons. The van der Waals surface area contributed by atoms with Crippen LogP contribution in [0.1, 0.15) is 12.6 Å². The van der Waals surface area contributed by atoms with Gasteiger partial charge in [-0.2, -0.15) is 0 Å². The molecule has 1 unspecified atom stereocenters. The van der Waals surface area contributed by atoms with Gasteiger partial charge in [0.1, 0.15) is 16.1 Å². The number of methoxy groups -OCH3 is 1. The topological polar surface area (TPSA) is 45.7 Å². The van der Waals surface area contributed by atoms with Crippen LogP contribution in [0.2, 0.25) is 0 Å². The first-order valence-corrected chi connectivity index (χ1v) is 9.62. The van der Waals surface area contributed by atoms with Crippen molar-refractivity contribution in [2.24, 2.45) is 0 Å². The highest BCUT2D eigenvalue weighted by Gasteiger charge is 2.24. The molecule has 1 atom stereocenters. The number of alkyl halides is 1. The molecular weight excluding hydrogens is 358 g/mol. The molecule has 2 heterocycles.